The fraction of sp³-hybridized carbons (Fsp3) is 0.625. The lowest BCUT2D eigenvalue weighted by Crippen LogP contribution is -2.42. The van der Waals surface area contributed by atoms with Crippen LogP contribution in [0, 0.1) is 5.92 Å². The van der Waals surface area contributed by atoms with E-state index in [2.05, 4.69) is 6.58 Å². The number of esters is 1. The van der Waals surface area contributed by atoms with Crippen LogP contribution >= 0.6 is 0 Å². The number of carbonyl (C=O) groups is 1. The molecule has 5 heteroatoms. The van der Waals surface area contributed by atoms with Crippen LogP contribution in [0.3, 0.4) is 0 Å². The van der Waals surface area contributed by atoms with Gasteiger partial charge in [0.25, 0.3) is 0 Å². The monoisotopic (exact) mass is 181 g/mol. The fourth-order valence-corrected chi connectivity index (χ4v) is 1.40. The molecule has 1 saturated carbocycles. The van der Waals surface area contributed by atoms with Gasteiger partial charge >= 0.3 is 5.97 Å². The molecule has 1 rings (SSSR count). The predicted octanol–water partition coefficient (Wildman–Crippen LogP) is 0.269. The van der Waals surface area contributed by atoms with Gasteiger partial charge < -0.3 is 9.94 Å². The van der Waals surface area contributed by atoms with E-state index >= 15 is 0 Å². The highest BCUT2D eigenvalue weighted by molar-refractivity contribution is 6.07. The normalized spacial score (nSPS) is 31.5. The van der Waals surface area contributed by atoms with Gasteiger partial charge in [0.2, 0.25) is 7.98 Å². The van der Waals surface area contributed by atoms with Crippen LogP contribution in [0.25, 0.3) is 0 Å². The summed E-state index contributed by atoms with van der Waals surface area (Å²) in [6.45, 7) is 5.52. The summed E-state index contributed by atoms with van der Waals surface area (Å²) >= 11 is 0. The molecule has 0 bridgehead atoms. The van der Waals surface area contributed by atoms with E-state index in [4.69, 9.17) is 17.9 Å². The molecule has 1 aliphatic carbocycles. The molecular weight excluding hydrogens is 169 g/mol. The molecule has 70 valence electrons. The van der Waals surface area contributed by atoms with Crippen LogP contribution in [0.5, 0.6) is 0 Å². The van der Waals surface area contributed by atoms with Crippen LogP contribution in [0.15, 0.2) is 12.7 Å². The lowest BCUT2D eigenvalue weighted by Gasteiger charge is -2.21. The second-order valence-corrected chi connectivity index (χ2v) is 3.04. The van der Waals surface area contributed by atoms with Crippen molar-refractivity contribution in [1.82, 2.24) is 4.97 Å². The first-order valence-electron chi connectivity index (χ1n) is 4.13. The molecule has 0 amide bonds. The van der Waals surface area contributed by atoms with Gasteiger partial charge in [0.05, 0.1) is 6.61 Å². The first-order valence-corrected chi connectivity index (χ1v) is 4.13. The van der Waals surface area contributed by atoms with E-state index in [9.17, 15) is 4.79 Å². The van der Waals surface area contributed by atoms with E-state index in [0.29, 0.717) is 11.4 Å². The Balaban J connectivity index is 2.71. The lowest BCUT2D eigenvalue weighted by atomic mass is 10.1. The van der Waals surface area contributed by atoms with Crippen molar-refractivity contribution in [3.63, 3.8) is 0 Å². The number of rotatable bonds is 4. The van der Waals surface area contributed by atoms with Crippen LogP contribution < -0.4 is 0 Å². The quantitative estimate of drug-likeness (QED) is 0.292. The Morgan fingerprint density at radius 3 is 2.92 bits per heavy atom. The number of carbonyl (C=O) groups excluding carboxylic acids is 1. The number of ether oxygens (including phenoxy) is 1. The molecular formula is C8H12BNO3. The standard InChI is InChI=1S/C8H12BNO3/c1-3-6-5-8(6,10(9)12)7(11)13-4-2/h3,6,12H,1,4-5H2,2H3. The van der Waals surface area contributed by atoms with Gasteiger partial charge in [-0.2, -0.15) is 0 Å². The summed E-state index contributed by atoms with van der Waals surface area (Å²) in [5.41, 5.74) is -1.09. The molecule has 2 atom stereocenters. The fourth-order valence-electron chi connectivity index (χ4n) is 1.40. The molecule has 0 spiro atoms. The van der Waals surface area contributed by atoms with Crippen LogP contribution in [-0.4, -0.2) is 36.3 Å². The minimum atomic E-state index is -1.09. The van der Waals surface area contributed by atoms with Crippen molar-refractivity contribution >= 4 is 14.0 Å². The smallest absolute Gasteiger partial charge is 0.328 e. The van der Waals surface area contributed by atoms with E-state index in [0.717, 1.165) is 0 Å². The maximum atomic E-state index is 11.4. The lowest BCUT2D eigenvalue weighted by molar-refractivity contribution is -0.161. The maximum absolute atomic E-state index is 11.4. The molecule has 1 N–H and O–H groups in total. The number of nitrogens with zero attached hydrogens (tertiary/aromatic N) is 1. The van der Waals surface area contributed by atoms with E-state index in [-0.39, 0.29) is 12.5 Å². The summed E-state index contributed by atoms with van der Waals surface area (Å²) in [5, 5.41) is 9.10. The van der Waals surface area contributed by atoms with Crippen molar-refractivity contribution in [3.05, 3.63) is 12.7 Å². The second kappa shape index (κ2) is 3.51. The summed E-state index contributed by atoms with van der Waals surface area (Å²) in [7, 11) is 5.17. The number of hydrogen-bond donors (Lipinski definition) is 1. The van der Waals surface area contributed by atoms with E-state index in [1.165, 1.54) is 0 Å². The molecule has 0 aromatic heterocycles. The van der Waals surface area contributed by atoms with Crippen molar-refractivity contribution in [1.29, 1.82) is 0 Å². The van der Waals surface area contributed by atoms with Crippen molar-refractivity contribution in [2.24, 2.45) is 5.92 Å². The van der Waals surface area contributed by atoms with Crippen LogP contribution in [0.4, 0.5) is 0 Å². The zero-order valence-corrected chi connectivity index (χ0v) is 7.56. The van der Waals surface area contributed by atoms with Gasteiger partial charge in [0.1, 0.15) is 5.54 Å². The van der Waals surface area contributed by atoms with Crippen molar-refractivity contribution in [3.8, 4) is 0 Å². The summed E-state index contributed by atoms with van der Waals surface area (Å²) in [5.74, 6) is -0.619. The van der Waals surface area contributed by atoms with Crippen LogP contribution in [-0.2, 0) is 9.53 Å². The largest absolute Gasteiger partial charge is 0.465 e. The molecule has 0 aromatic carbocycles. The number of hydroxylamine groups is 1. The van der Waals surface area contributed by atoms with E-state index in [1.807, 2.05) is 0 Å². The molecule has 13 heavy (non-hydrogen) atoms. The molecule has 0 aliphatic heterocycles. The maximum Gasteiger partial charge on any atom is 0.328 e. The molecule has 2 unspecified atom stereocenters. The van der Waals surface area contributed by atoms with Crippen molar-refractivity contribution in [2.45, 2.75) is 18.9 Å². The molecule has 0 aromatic rings. The third-order valence-corrected chi connectivity index (χ3v) is 2.31. The first-order chi connectivity index (χ1) is 6.09. The first kappa shape index (κ1) is 10.3. The third-order valence-electron chi connectivity index (χ3n) is 2.31. The van der Waals surface area contributed by atoms with Gasteiger partial charge in [0.15, 0.2) is 0 Å². The molecule has 2 radical (unpaired) electrons. The predicted molar refractivity (Wildman–Crippen MR) is 47.0 cm³/mol. The molecule has 1 fully saturated rings. The molecule has 1 aliphatic rings. The average molecular weight is 181 g/mol. The average Bonchev–Trinajstić information content (AvgIpc) is 2.79. The highest BCUT2D eigenvalue weighted by Crippen LogP contribution is 2.48. The molecule has 0 heterocycles. The number of hydrogen-bond acceptors (Lipinski definition) is 4. The topological polar surface area (TPSA) is 49.8 Å². The van der Waals surface area contributed by atoms with Gasteiger partial charge in [-0.3, -0.25) is 0 Å². The van der Waals surface area contributed by atoms with Gasteiger partial charge in [0, 0.05) is 5.92 Å². The zero-order valence-electron chi connectivity index (χ0n) is 7.56. The van der Waals surface area contributed by atoms with Gasteiger partial charge in [-0.05, 0) is 13.3 Å². The van der Waals surface area contributed by atoms with Gasteiger partial charge in [-0.1, -0.05) is 6.08 Å². The Morgan fingerprint density at radius 2 is 2.62 bits per heavy atom. The highest BCUT2D eigenvalue weighted by Gasteiger charge is 2.62. The Labute approximate surface area is 78.6 Å². The second-order valence-electron chi connectivity index (χ2n) is 3.04. The Kier molecular flexibility index (Phi) is 2.78. The summed E-state index contributed by atoms with van der Waals surface area (Å²) < 4.78 is 4.79. The van der Waals surface area contributed by atoms with E-state index in [1.54, 1.807) is 13.0 Å². The summed E-state index contributed by atoms with van der Waals surface area (Å²) in [6, 6.07) is 0. The minimum absolute atomic E-state index is 0.124. The minimum Gasteiger partial charge on any atom is -0.465 e. The van der Waals surface area contributed by atoms with E-state index < -0.39 is 11.5 Å². The van der Waals surface area contributed by atoms with Crippen molar-refractivity contribution in [2.75, 3.05) is 6.61 Å². The summed E-state index contributed by atoms with van der Waals surface area (Å²) in [6.07, 6.45) is 2.05. The zero-order chi connectivity index (χ0) is 10.1. The van der Waals surface area contributed by atoms with Crippen molar-refractivity contribution < 1.29 is 14.7 Å². The van der Waals surface area contributed by atoms with Crippen LogP contribution in [0.2, 0.25) is 0 Å². The molecule has 0 saturated heterocycles. The summed E-state index contributed by atoms with van der Waals surface area (Å²) in [4.78, 5) is 11.8. The Bertz CT molecular complexity index is 231. The van der Waals surface area contributed by atoms with Gasteiger partial charge in [-0.25, -0.2) is 9.77 Å². The molecule has 4 nitrogen and oxygen atoms in total. The Hall–Kier alpha value is -0.805. The SMILES string of the molecule is [B]N(O)C1(C(=O)OCC)CC1C=C. The third kappa shape index (κ3) is 1.49. The highest BCUT2D eigenvalue weighted by atomic mass is 16.6. The van der Waals surface area contributed by atoms with Gasteiger partial charge in [-0.15, -0.1) is 6.58 Å². The Morgan fingerprint density at radius 1 is 2.00 bits per heavy atom. The van der Waals surface area contributed by atoms with Crippen LogP contribution in [0.1, 0.15) is 13.3 Å².